The first-order chi connectivity index (χ1) is 21.6. The lowest BCUT2D eigenvalue weighted by molar-refractivity contribution is 0.412. The molecule has 228 valence electrons. The van der Waals surface area contributed by atoms with E-state index in [-0.39, 0.29) is 45.3 Å². The third-order valence-corrected chi connectivity index (χ3v) is 7.29. The van der Waals surface area contributed by atoms with E-state index in [1.807, 2.05) is 0 Å². The Balaban J connectivity index is 1.52. The zero-order chi connectivity index (χ0) is 31.8. The van der Waals surface area contributed by atoms with Crippen LogP contribution in [0.3, 0.4) is 0 Å². The van der Waals surface area contributed by atoms with E-state index in [4.69, 9.17) is 32.7 Å². The summed E-state index contributed by atoms with van der Waals surface area (Å²) in [4.78, 5) is 35.7. The van der Waals surface area contributed by atoms with Gasteiger partial charge in [0.1, 0.15) is 28.9 Å². The Hall–Kier alpha value is -5.27. The van der Waals surface area contributed by atoms with Gasteiger partial charge in [-0.2, -0.15) is 10.1 Å². The van der Waals surface area contributed by atoms with Gasteiger partial charge in [0.15, 0.2) is 0 Å². The minimum absolute atomic E-state index is 0.0167. The molecular weight excluding hydrogens is 631 g/mol. The number of nitrogens with zero attached hydrogens (tertiary/aromatic N) is 6. The van der Waals surface area contributed by atoms with Gasteiger partial charge in [-0.3, -0.25) is 14.2 Å². The molecule has 0 saturated heterocycles. The Kier molecular flexibility index (Phi) is 7.96. The number of pyridine rings is 1. The molecule has 3 aromatic carbocycles. The SMILES string of the molecule is COc1cncc(-n2c(=O)nc(Nc3cc4cn(C)nc4cc3Cl)n(Cc3cc(Cl)c(F)cc3Oc3ccc(F)cc3)c2=O)c1. The molecule has 0 aliphatic carbocycles. The van der Waals surface area contributed by atoms with Crippen molar-refractivity contribution in [2.24, 2.45) is 7.05 Å². The predicted octanol–water partition coefficient (Wildman–Crippen LogP) is 5.85. The molecule has 15 heteroatoms. The van der Waals surface area contributed by atoms with Gasteiger partial charge in [0.05, 0.1) is 53.0 Å². The molecule has 0 spiro atoms. The van der Waals surface area contributed by atoms with Gasteiger partial charge in [0.25, 0.3) is 0 Å². The molecule has 11 nitrogen and oxygen atoms in total. The number of methoxy groups -OCH3 is 1. The summed E-state index contributed by atoms with van der Waals surface area (Å²) >= 11 is 12.7. The van der Waals surface area contributed by atoms with Crippen molar-refractivity contribution < 1.29 is 18.3 Å². The quantitative estimate of drug-likeness (QED) is 0.218. The molecule has 0 aliphatic rings. The highest BCUT2D eigenvalue weighted by Crippen LogP contribution is 2.33. The molecule has 0 radical (unpaired) electrons. The molecule has 0 bridgehead atoms. The van der Waals surface area contributed by atoms with E-state index in [1.165, 1.54) is 55.9 Å². The third kappa shape index (κ3) is 6.08. The highest BCUT2D eigenvalue weighted by atomic mass is 35.5. The maximum atomic E-state index is 14.6. The Morgan fingerprint density at radius 2 is 1.73 bits per heavy atom. The minimum Gasteiger partial charge on any atom is -0.495 e. The molecular formula is C30H21Cl2F2N7O4. The van der Waals surface area contributed by atoms with Crippen LogP contribution in [0.5, 0.6) is 17.2 Å². The number of hydrogen-bond donors (Lipinski definition) is 1. The van der Waals surface area contributed by atoms with Gasteiger partial charge in [-0.1, -0.05) is 23.2 Å². The van der Waals surface area contributed by atoms with Crippen LogP contribution < -0.4 is 26.2 Å². The van der Waals surface area contributed by atoms with E-state index >= 15 is 0 Å². The van der Waals surface area contributed by atoms with E-state index in [0.29, 0.717) is 17.0 Å². The highest BCUT2D eigenvalue weighted by molar-refractivity contribution is 6.34. The third-order valence-electron chi connectivity index (χ3n) is 6.69. The minimum atomic E-state index is -0.924. The van der Waals surface area contributed by atoms with Crippen molar-refractivity contribution in [3.8, 4) is 22.9 Å². The molecule has 0 amide bonds. The molecule has 6 rings (SSSR count). The summed E-state index contributed by atoms with van der Waals surface area (Å²) < 4.78 is 42.8. The van der Waals surface area contributed by atoms with Crippen molar-refractivity contribution in [1.82, 2.24) is 28.9 Å². The highest BCUT2D eigenvalue weighted by Gasteiger charge is 2.20. The fourth-order valence-corrected chi connectivity index (χ4v) is 4.96. The summed E-state index contributed by atoms with van der Waals surface area (Å²) in [5, 5.41) is 8.05. The van der Waals surface area contributed by atoms with Gasteiger partial charge in [-0.15, -0.1) is 0 Å². The van der Waals surface area contributed by atoms with E-state index in [2.05, 4.69) is 20.4 Å². The fourth-order valence-electron chi connectivity index (χ4n) is 4.57. The molecule has 0 saturated carbocycles. The Morgan fingerprint density at radius 3 is 2.49 bits per heavy atom. The van der Waals surface area contributed by atoms with Gasteiger partial charge in [-0.05, 0) is 42.5 Å². The summed E-state index contributed by atoms with van der Waals surface area (Å²) in [6, 6.07) is 12.2. The van der Waals surface area contributed by atoms with Crippen LogP contribution in [0.2, 0.25) is 10.0 Å². The summed E-state index contributed by atoms with van der Waals surface area (Å²) in [6.07, 6.45) is 4.48. The van der Waals surface area contributed by atoms with Crippen molar-refractivity contribution in [1.29, 1.82) is 0 Å². The zero-order valence-corrected chi connectivity index (χ0v) is 25.0. The van der Waals surface area contributed by atoms with Crippen LogP contribution >= 0.6 is 23.2 Å². The topological polar surface area (TPSA) is 118 Å². The van der Waals surface area contributed by atoms with Gasteiger partial charge in [-0.25, -0.2) is 22.9 Å². The number of benzene rings is 3. The second-order valence-electron chi connectivity index (χ2n) is 9.75. The lowest BCUT2D eigenvalue weighted by Gasteiger charge is -2.18. The second-order valence-corrected chi connectivity index (χ2v) is 10.6. The molecule has 0 atom stereocenters. The predicted molar refractivity (Wildman–Crippen MR) is 164 cm³/mol. The van der Waals surface area contributed by atoms with Crippen LogP contribution in [0.1, 0.15) is 5.56 Å². The van der Waals surface area contributed by atoms with Crippen LogP contribution in [0, 0.1) is 11.6 Å². The van der Waals surface area contributed by atoms with Gasteiger partial charge in [0.2, 0.25) is 5.95 Å². The number of fused-ring (bicyclic) bond motifs is 1. The normalized spacial score (nSPS) is 11.2. The van der Waals surface area contributed by atoms with Crippen molar-refractivity contribution in [3.63, 3.8) is 0 Å². The maximum absolute atomic E-state index is 14.6. The van der Waals surface area contributed by atoms with Crippen LogP contribution in [0.25, 0.3) is 16.6 Å². The fraction of sp³-hybridized carbons (Fsp3) is 0.100. The number of rotatable bonds is 8. The number of halogens is 4. The largest absolute Gasteiger partial charge is 0.495 e. The number of anilines is 2. The zero-order valence-electron chi connectivity index (χ0n) is 23.5. The van der Waals surface area contributed by atoms with Gasteiger partial charge in [0, 0.05) is 36.3 Å². The number of hydrogen-bond acceptors (Lipinski definition) is 8. The average molecular weight is 652 g/mol. The summed E-state index contributed by atoms with van der Waals surface area (Å²) in [5.74, 6) is -0.982. The summed E-state index contributed by atoms with van der Waals surface area (Å²) in [6.45, 7) is -0.310. The number of ether oxygens (including phenoxy) is 2. The monoisotopic (exact) mass is 651 g/mol. The number of aromatic nitrogens is 6. The Bertz CT molecular complexity index is 2200. The van der Waals surface area contributed by atoms with Crippen LogP contribution in [-0.4, -0.2) is 36.0 Å². The van der Waals surface area contributed by atoms with E-state index in [1.54, 1.807) is 30.1 Å². The molecule has 0 aliphatic heterocycles. The van der Waals surface area contributed by atoms with Crippen molar-refractivity contribution >= 4 is 45.7 Å². The van der Waals surface area contributed by atoms with Crippen LogP contribution in [-0.2, 0) is 13.6 Å². The van der Waals surface area contributed by atoms with Crippen molar-refractivity contribution in [3.05, 3.63) is 121 Å². The first-order valence-corrected chi connectivity index (χ1v) is 13.9. The van der Waals surface area contributed by atoms with Gasteiger partial charge >= 0.3 is 11.4 Å². The van der Waals surface area contributed by atoms with Gasteiger partial charge < -0.3 is 14.8 Å². The molecule has 0 unspecified atom stereocenters. The lowest BCUT2D eigenvalue weighted by atomic mass is 10.2. The van der Waals surface area contributed by atoms with Crippen LogP contribution in [0.15, 0.2) is 82.8 Å². The molecule has 0 fully saturated rings. The summed E-state index contributed by atoms with van der Waals surface area (Å²) in [5.41, 5.74) is -0.472. The molecule has 3 aromatic heterocycles. The molecule has 45 heavy (non-hydrogen) atoms. The molecule has 1 N–H and O–H groups in total. The first-order valence-electron chi connectivity index (χ1n) is 13.1. The second kappa shape index (κ2) is 12.0. The summed E-state index contributed by atoms with van der Waals surface area (Å²) in [7, 11) is 3.17. The molecule has 3 heterocycles. The Labute approximate surface area is 262 Å². The van der Waals surface area contributed by atoms with Crippen molar-refractivity contribution in [2.45, 2.75) is 6.54 Å². The first kappa shape index (κ1) is 29.8. The lowest BCUT2D eigenvalue weighted by Crippen LogP contribution is -2.41. The molecule has 6 aromatic rings. The van der Waals surface area contributed by atoms with E-state index in [0.717, 1.165) is 20.6 Å². The number of nitrogens with one attached hydrogen (secondary N) is 1. The van der Waals surface area contributed by atoms with E-state index < -0.39 is 23.0 Å². The number of aryl methyl sites for hydroxylation is 1. The standard InChI is InChI=1S/C30H21Cl2F2N7O4/c1-39-14-16-8-26(23(32)10-25(16)38-39)36-28-37-29(42)41(19-9-21(44-2)13-35-12-19)30(43)40(28)15-17-7-22(31)24(34)11-27(17)45-20-5-3-18(33)4-6-20/h3-14H,15H2,1-2H3,(H,36,37,42). The smallest absolute Gasteiger partial charge is 0.359 e. The van der Waals surface area contributed by atoms with E-state index in [9.17, 15) is 18.4 Å². The van der Waals surface area contributed by atoms with Crippen molar-refractivity contribution in [2.75, 3.05) is 12.4 Å². The van der Waals surface area contributed by atoms with Crippen LogP contribution in [0.4, 0.5) is 20.4 Å². The Morgan fingerprint density at radius 1 is 0.956 bits per heavy atom. The average Bonchev–Trinajstić information content (AvgIpc) is 3.37. The maximum Gasteiger partial charge on any atom is 0.359 e.